The average Bonchev–Trinajstić information content (AvgIpc) is 2.94. The number of hydrogen-bond donors (Lipinski definition) is 1. The van der Waals surface area contributed by atoms with Crippen LogP contribution in [0.2, 0.25) is 0 Å². The Kier molecular flexibility index (Phi) is 7.53. The summed E-state index contributed by atoms with van der Waals surface area (Å²) in [5.41, 5.74) is 1.19. The third-order valence-electron chi connectivity index (χ3n) is 5.55. The van der Waals surface area contributed by atoms with Gasteiger partial charge in [-0.25, -0.2) is 14.3 Å². The molecule has 0 saturated heterocycles. The summed E-state index contributed by atoms with van der Waals surface area (Å²) in [6.45, 7) is -0.521. The van der Waals surface area contributed by atoms with Crippen LogP contribution in [0.3, 0.4) is 0 Å². The molecule has 0 aliphatic heterocycles. The number of carbonyl (C=O) groups is 3. The summed E-state index contributed by atoms with van der Waals surface area (Å²) in [5, 5.41) is 7.11. The third-order valence-corrected chi connectivity index (χ3v) is 5.55. The van der Waals surface area contributed by atoms with Crippen LogP contribution in [-0.2, 0) is 20.8 Å². The summed E-state index contributed by atoms with van der Waals surface area (Å²) < 4.78 is 10.6. The van der Waals surface area contributed by atoms with E-state index in [4.69, 9.17) is 9.47 Å². The molecule has 0 bridgehead atoms. The molecule has 1 N–H and O–H groups in total. The lowest BCUT2D eigenvalue weighted by molar-refractivity contribution is -0.117. The molecule has 0 radical (unpaired) electrons. The number of carbonyl (C=O) groups excluding carboxylic acids is 3. The summed E-state index contributed by atoms with van der Waals surface area (Å²) in [5.74, 6) is -2.11. The Labute approximate surface area is 212 Å². The van der Waals surface area contributed by atoms with Crippen LogP contribution in [0.4, 0.5) is 5.69 Å². The van der Waals surface area contributed by atoms with E-state index in [0.717, 1.165) is 4.68 Å². The molecule has 0 aliphatic carbocycles. The van der Waals surface area contributed by atoms with Crippen LogP contribution in [0.25, 0.3) is 22.4 Å². The van der Waals surface area contributed by atoms with Crippen LogP contribution in [0, 0.1) is 0 Å². The molecule has 1 amide bonds. The minimum Gasteiger partial charge on any atom is -0.465 e. The highest BCUT2D eigenvalue weighted by molar-refractivity contribution is 6.02. The SMILES string of the molecule is COC(=O)c1ccccc1NC(=O)Cn1nc(-c2ccccc2)c(-c2ccccc2)c(C(=O)OC)c1=O. The van der Waals surface area contributed by atoms with Gasteiger partial charge in [0.25, 0.3) is 5.56 Å². The average molecular weight is 498 g/mol. The predicted octanol–water partition coefficient (Wildman–Crippen LogP) is 3.79. The lowest BCUT2D eigenvalue weighted by atomic mass is 9.95. The van der Waals surface area contributed by atoms with Gasteiger partial charge in [0.15, 0.2) is 0 Å². The molecule has 1 heterocycles. The molecule has 0 spiro atoms. The largest absolute Gasteiger partial charge is 0.465 e. The van der Waals surface area contributed by atoms with Crippen molar-refractivity contribution in [3.63, 3.8) is 0 Å². The van der Waals surface area contributed by atoms with Gasteiger partial charge < -0.3 is 14.8 Å². The van der Waals surface area contributed by atoms with Crippen molar-refractivity contribution in [1.82, 2.24) is 9.78 Å². The highest BCUT2D eigenvalue weighted by Gasteiger charge is 2.26. The highest BCUT2D eigenvalue weighted by atomic mass is 16.5. The summed E-state index contributed by atoms with van der Waals surface area (Å²) in [4.78, 5) is 51.4. The predicted molar refractivity (Wildman–Crippen MR) is 137 cm³/mol. The molecule has 0 unspecified atom stereocenters. The van der Waals surface area contributed by atoms with Gasteiger partial charge in [0.1, 0.15) is 12.1 Å². The van der Waals surface area contributed by atoms with E-state index in [2.05, 4.69) is 10.4 Å². The molecule has 3 aromatic carbocycles. The number of hydrogen-bond acceptors (Lipinski definition) is 7. The number of nitrogens with zero attached hydrogens (tertiary/aromatic N) is 2. The molecular weight excluding hydrogens is 474 g/mol. The molecule has 0 fully saturated rings. The van der Waals surface area contributed by atoms with Crippen molar-refractivity contribution >= 4 is 23.5 Å². The van der Waals surface area contributed by atoms with Crippen LogP contribution in [0.15, 0.2) is 89.7 Å². The Balaban J connectivity index is 1.84. The standard InChI is InChI=1S/C28H23N3O6/c1-36-27(34)20-15-9-10-16-21(20)29-22(32)17-31-26(33)24(28(35)37-2)23(18-11-5-3-6-12-18)25(30-31)19-13-7-4-8-14-19/h3-16H,17H2,1-2H3,(H,29,32). The number of para-hydroxylation sites is 1. The minimum absolute atomic E-state index is 0.151. The second-order valence-electron chi connectivity index (χ2n) is 7.87. The summed E-state index contributed by atoms with van der Waals surface area (Å²) in [6.07, 6.45) is 0. The van der Waals surface area contributed by atoms with Gasteiger partial charge in [-0.05, 0) is 17.7 Å². The normalized spacial score (nSPS) is 10.4. The van der Waals surface area contributed by atoms with Crippen molar-refractivity contribution in [2.75, 3.05) is 19.5 Å². The first kappa shape index (κ1) is 25.1. The Bertz CT molecular complexity index is 1510. The van der Waals surface area contributed by atoms with E-state index in [-0.39, 0.29) is 16.8 Å². The van der Waals surface area contributed by atoms with Crippen LogP contribution >= 0.6 is 0 Å². The van der Waals surface area contributed by atoms with Crippen molar-refractivity contribution in [3.8, 4) is 22.4 Å². The first-order chi connectivity index (χ1) is 17.9. The van der Waals surface area contributed by atoms with E-state index in [0.29, 0.717) is 22.4 Å². The van der Waals surface area contributed by atoms with Crippen molar-refractivity contribution in [2.24, 2.45) is 0 Å². The zero-order valence-electron chi connectivity index (χ0n) is 20.1. The van der Waals surface area contributed by atoms with E-state index in [1.54, 1.807) is 60.7 Å². The molecule has 1 aromatic heterocycles. The van der Waals surface area contributed by atoms with E-state index in [1.807, 2.05) is 12.1 Å². The number of anilines is 1. The molecule has 37 heavy (non-hydrogen) atoms. The molecule has 9 heteroatoms. The fourth-order valence-electron chi connectivity index (χ4n) is 3.86. The first-order valence-electron chi connectivity index (χ1n) is 11.3. The monoisotopic (exact) mass is 497 g/mol. The second kappa shape index (κ2) is 11.1. The second-order valence-corrected chi connectivity index (χ2v) is 7.87. The lowest BCUT2D eigenvalue weighted by Crippen LogP contribution is -2.34. The number of nitrogens with one attached hydrogen (secondary N) is 1. The summed E-state index contributed by atoms with van der Waals surface area (Å²) in [7, 11) is 2.41. The number of benzene rings is 3. The Morgan fingerprint density at radius 1 is 0.784 bits per heavy atom. The molecule has 4 rings (SSSR count). The van der Waals surface area contributed by atoms with E-state index < -0.39 is 29.9 Å². The molecule has 0 saturated carbocycles. The van der Waals surface area contributed by atoms with Crippen molar-refractivity contribution in [3.05, 3.63) is 106 Å². The van der Waals surface area contributed by atoms with Crippen LogP contribution in [-0.4, -0.2) is 41.8 Å². The van der Waals surface area contributed by atoms with Crippen molar-refractivity contribution in [1.29, 1.82) is 0 Å². The number of esters is 2. The molecule has 4 aromatic rings. The van der Waals surface area contributed by atoms with Gasteiger partial charge >= 0.3 is 11.9 Å². The van der Waals surface area contributed by atoms with Gasteiger partial charge in [0, 0.05) is 11.1 Å². The minimum atomic E-state index is -0.853. The fourth-order valence-corrected chi connectivity index (χ4v) is 3.86. The van der Waals surface area contributed by atoms with Crippen LogP contribution in [0.5, 0.6) is 0 Å². The maximum atomic E-state index is 13.5. The van der Waals surface area contributed by atoms with Gasteiger partial charge in [0.05, 0.1) is 31.2 Å². The number of ether oxygens (including phenoxy) is 2. The molecule has 0 aliphatic rings. The van der Waals surface area contributed by atoms with E-state index in [1.165, 1.54) is 26.4 Å². The van der Waals surface area contributed by atoms with Gasteiger partial charge in [0.2, 0.25) is 5.91 Å². The lowest BCUT2D eigenvalue weighted by Gasteiger charge is -2.16. The van der Waals surface area contributed by atoms with Crippen molar-refractivity contribution in [2.45, 2.75) is 6.54 Å². The van der Waals surface area contributed by atoms with Gasteiger partial charge in [-0.2, -0.15) is 5.10 Å². The molecular formula is C28H23N3O6. The maximum absolute atomic E-state index is 13.5. The Morgan fingerprint density at radius 3 is 1.97 bits per heavy atom. The zero-order chi connectivity index (χ0) is 26.4. The van der Waals surface area contributed by atoms with Gasteiger partial charge in [-0.15, -0.1) is 0 Å². The zero-order valence-corrected chi connectivity index (χ0v) is 20.1. The topological polar surface area (TPSA) is 117 Å². The van der Waals surface area contributed by atoms with Crippen LogP contribution in [0.1, 0.15) is 20.7 Å². The quantitative estimate of drug-likeness (QED) is 0.386. The number of methoxy groups -OCH3 is 2. The Morgan fingerprint density at radius 2 is 1.35 bits per heavy atom. The summed E-state index contributed by atoms with van der Waals surface area (Å²) in [6, 6.07) is 24.2. The molecule has 0 atom stereocenters. The third kappa shape index (κ3) is 5.30. The van der Waals surface area contributed by atoms with Crippen LogP contribution < -0.4 is 10.9 Å². The number of amides is 1. The van der Waals surface area contributed by atoms with Crippen molar-refractivity contribution < 1.29 is 23.9 Å². The maximum Gasteiger partial charge on any atom is 0.344 e. The number of aromatic nitrogens is 2. The Hall–Kier alpha value is -5.05. The van der Waals surface area contributed by atoms with E-state index in [9.17, 15) is 19.2 Å². The fraction of sp³-hybridized carbons (Fsp3) is 0.107. The van der Waals surface area contributed by atoms with Gasteiger partial charge in [-0.1, -0.05) is 72.8 Å². The molecule has 9 nitrogen and oxygen atoms in total. The molecule has 186 valence electrons. The smallest absolute Gasteiger partial charge is 0.344 e. The first-order valence-corrected chi connectivity index (χ1v) is 11.3. The van der Waals surface area contributed by atoms with E-state index >= 15 is 0 Å². The highest BCUT2D eigenvalue weighted by Crippen LogP contribution is 2.32. The summed E-state index contributed by atoms with van der Waals surface area (Å²) >= 11 is 0. The number of rotatable bonds is 7. The van der Waals surface area contributed by atoms with Gasteiger partial charge in [-0.3, -0.25) is 9.59 Å².